The van der Waals surface area contributed by atoms with Crippen molar-refractivity contribution in [3.05, 3.63) is 16.5 Å². The van der Waals surface area contributed by atoms with Crippen LogP contribution < -0.4 is 4.72 Å². The first-order valence-corrected chi connectivity index (χ1v) is 8.11. The molecule has 0 aromatic carbocycles. The van der Waals surface area contributed by atoms with E-state index in [1.165, 1.54) is 6.07 Å². The quantitative estimate of drug-likeness (QED) is 0.896. The van der Waals surface area contributed by atoms with Gasteiger partial charge >= 0.3 is 0 Å². The molecule has 0 radical (unpaired) electrons. The molecule has 2 N–H and O–H groups in total. The van der Waals surface area contributed by atoms with Crippen LogP contribution >= 0.6 is 22.9 Å². The van der Waals surface area contributed by atoms with E-state index < -0.39 is 16.1 Å². The van der Waals surface area contributed by atoms with Gasteiger partial charge in [-0.25, -0.2) is 13.1 Å². The van der Waals surface area contributed by atoms with Gasteiger partial charge in [-0.15, -0.1) is 11.3 Å². The van der Waals surface area contributed by atoms with Gasteiger partial charge in [0.25, 0.3) is 0 Å². The molecule has 1 fully saturated rings. The van der Waals surface area contributed by atoms with E-state index in [1.807, 2.05) is 0 Å². The lowest BCUT2D eigenvalue weighted by Crippen LogP contribution is -2.39. The van der Waals surface area contributed by atoms with Gasteiger partial charge in [0.1, 0.15) is 4.21 Å². The van der Waals surface area contributed by atoms with Crippen LogP contribution in [0.15, 0.2) is 16.3 Å². The highest BCUT2D eigenvalue weighted by atomic mass is 35.5. The van der Waals surface area contributed by atoms with Gasteiger partial charge in [-0.1, -0.05) is 11.6 Å². The van der Waals surface area contributed by atoms with Gasteiger partial charge in [0.15, 0.2) is 0 Å². The molecule has 2 atom stereocenters. The third-order valence-electron chi connectivity index (χ3n) is 2.78. The Hall–Kier alpha value is -0.140. The van der Waals surface area contributed by atoms with E-state index in [0.717, 1.165) is 30.6 Å². The van der Waals surface area contributed by atoms with Gasteiger partial charge in [0.05, 0.1) is 10.4 Å². The van der Waals surface area contributed by atoms with Crippen LogP contribution in [0.1, 0.15) is 25.7 Å². The molecule has 1 saturated carbocycles. The molecule has 0 saturated heterocycles. The molecule has 0 bridgehead atoms. The highest BCUT2D eigenvalue weighted by molar-refractivity contribution is 7.91. The van der Waals surface area contributed by atoms with Gasteiger partial charge in [0, 0.05) is 6.04 Å². The third kappa shape index (κ3) is 3.42. The smallest absolute Gasteiger partial charge is 0.250 e. The third-order valence-corrected chi connectivity index (χ3v) is 6.03. The van der Waals surface area contributed by atoms with Crippen molar-refractivity contribution in [1.82, 2.24) is 4.72 Å². The minimum absolute atomic E-state index is 0.176. The van der Waals surface area contributed by atoms with Crippen molar-refractivity contribution in [2.45, 2.75) is 42.0 Å². The molecular weight excluding hydrogens is 282 g/mol. The molecule has 1 aliphatic rings. The number of hydrogen-bond donors (Lipinski definition) is 2. The van der Waals surface area contributed by atoms with Crippen molar-refractivity contribution in [2.75, 3.05) is 0 Å². The van der Waals surface area contributed by atoms with Crippen molar-refractivity contribution >= 4 is 33.0 Å². The molecule has 1 aromatic rings. The van der Waals surface area contributed by atoms with E-state index in [1.54, 1.807) is 6.07 Å². The fraction of sp³-hybridized carbons (Fsp3) is 0.600. The number of rotatable bonds is 3. The van der Waals surface area contributed by atoms with Crippen molar-refractivity contribution in [1.29, 1.82) is 0 Å². The summed E-state index contributed by atoms with van der Waals surface area (Å²) in [6, 6.07) is 2.88. The normalized spacial score (nSPS) is 26.0. The minimum Gasteiger partial charge on any atom is -0.393 e. The van der Waals surface area contributed by atoms with Gasteiger partial charge < -0.3 is 5.11 Å². The minimum atomic E-state index is -3.49. The predicted molar refractivity (Wildman–Crippen MR) is 67.9 cm³/mol. The highest BCUT2D eigenvalue weighted by Crippen LogP contribution is 2.27. The van der Waals surface area contributed by atoms with E-state index in [9.17, 15) is 13.5 Å². The van der Waals surface area contributed by atoms with Crippen molar-refractivity contribution in [2.24, 2.45) is 0 Å². The van der Waals surface area contributed by atoms with E-state index in [2.05, 4.69) is 4.72 Å². The van der Waals surface area contributed by atoms with Gasteiger partial charge in [-0.2, -0.15) is 0 Å². The second-order valence-corrected chi connectivity index (χ2v) is 7.85. The number of aliphatic hydroxyl groups is 1. The maximum absolute atomic E-state index is 12.0. The van der Waals surface area contributed by atoms with Crippen LogP contribution in [0.2, 0.25) is 4.34 Å². The van der Waals surface area contributed by atoms with Crippen molar-refractivity contribution in [3.8, 4) is 0 Å². The molecule has 1 heterocycles. The fourth-order valence-corrected chi connectivity index (χ4v) is 4.77. The van der Waals surface area contributed by atoms with Crippen LogP contribution in [-0.2, 0) is 10.0 Å². The van der Waals surface area contributed by atoms with E-state index in [-0.39, 0.29) is 10.3 Å². The lowest BCUT2D eigenvalue weighted by Gasteiger charge is -2.26. The first-order valence-electron chi connectivity index (χ1n) is 5.43. The molecule has 0 unspecified atom stereocenters. The SMILES string of the molecule is O=S(=O)(N[C@H]1CCC[C@H](O)C1)c1ccc(Cl)s1. The molecule has 4 nitrogen and oxygen atoms in total. The standard InChI is InChI=1S/C10H14ClNO3S2/c11-9-4-5-10(16-9)17(14,15)12-7-2-1-3-8(13)6-7/h4-5,7-8,12-13H,1-3,6H2/t7-,8-/m0/s1. The zero-order valence-corrected chi connectivity index (χ0v) is 11.5. The molecule has 96 valence electrons. The Labute approximate surface area is 110 Å². The van der Waals surface area contributed by atoms with Crippen molar-refractivity contribution < 1.29 is 13.5 Å². The summed E-state index contributed by atoms with van der Waals surface area (Å²) >= 11 is 6.76. The highest BCUT2D eigenvalue weighted by Gasteiger charge is 2.26. The van der Waals surface area contributed by atoms with E-state index >= 15 is 0 Å². The molecule has 2 rings (SSSR count). The lowest BCUT2D eigenvalue weighted by atomic mass is 9.94. The van der Waals surface area contributed by atoms with Crippen LogP contribution in [0, 0.1) is 0 Å². The molecule has 0 aliphatic heterocycles. The van der Waals surface area contributed by atoms with Crippen LogP contribution in [0.4, 0.5) is 0 Å². The maximum Gasteiger partial charge on any atom is 0.250 e. The summed E-state index contributed by atoms with van der Waals surface area (Å²) in [4.78, 5) is 0. The van der Waals surface area contributed by atoms with E-state index in [0.29, 0.717) is 10.8 Å². The number of hydrogen-bond acceptors (Lipinski definition) is 4. The van der Waals surface area contributed by atoms with Crippen molar-refractivity contribution in [3.63, 3.8) is 0 Å². The number of nitrogens with one attached hydrogen (secondary N) is 1. The fourth-order valence-electron chi connectivity index (χ4n) is 1.99. The summed E-state index contributed by atoms with van der Waals surface area (Å²) in [5, 5.41) is 9.50. The molecular formula is C10H14ClNO3S2. The largest absolute Gasteiger partial charge is 0.393 e. The summed E-state index contributed by atoms with van der Waals surface area (Å²) < 4.78 is 27.3. The monoisotopic (exact) mass is 295 g/mol. The van der Waals surface area contributed by atoms with Crippen LogP contribution in [-0.4, -0.2) is 25.7 Å². The number of aliphatic hydroxyl groups excluding tert-OH is 1. The van der Waals surface area contributed by atoms with Gasteiger partial charge in [-0.05, 0) is 37.8 Å². The average molecular weight is 296 g/mol. The Morgan fingerprint density at radius 2 is 2.18 bits per heavy atom. The first-order chi connectivity index (χ1) is 7.97. The molecule has 1 aliphatic carbocycles. The second kappa shape index (κ2) is 5.24. The molecule has 1 aromatic heterocycles. The summed E-state index contributed by atoms with van der Waals surface area (Å²) in [5.74, 6) is 0. The summed E-state index contributed by atoms with van der Waals surface area (Å²) in [5.41, 5.74) is 0. The van der Waals surface area contributed by atoms with E-state index in [4.69, 9.17) is 11.6 Å². The maximum atomic E-state index is 12.0. The number of sulfonamides is 1. The predicted octanol–water partition coefficient (Wildman–Crippen LogP) is 1.98. The summed E-state index contributed by atoms with van der Waals surface area (Å²) in [7, 11) is -3.49. The Morgan fingerprint density at radius 1 is 1.41 bits per heavy atom. The lowest BCUT2D eigenvalue weighted by molar-refractivity contribution is 0.117. The molecule has 0 spiro atoms. The molecule has 17 heavy (non-hydrogen) atoms. The first kappa shape index (κ1) is 13.3. The topological polar surface area (TPSA) is 66.4 Å². The van der Waals surface area contributed by atoms with Crippen LogP contribution in [0.5, 0.6) is 0 Å². The van der Waals surface area contributed by atoms with Gasteiger partial charge in [-0.3, -0.25) is 0 Å². The zero-order valence-electron chi connectivity index (χ0n) is 9.10. The summed E-state index contributed by atoms with van der Waals surface area (Å²) in [6.07, 6.45) is 2.46. The number of halogens is 1. The number of thiophene rings is 1. The second-order valence-electron chi connectivity index (χ2n) is 4.20. The van der Waals surface area contributed by atoms with Gasteiger partial charge in [0.2, 0.25) is 10.0 Å². The Kier molecular flexibility index (Phi) is 4.10. The Morgan fingerprint density at radius 3 is 2.76 bits per heavy atom. The molecule has 7 heteroatoms. The van der Waals surface area contributed by atoms with Crippen LogP contribution in [0.3, 0.4) is 0 Å². The Balaban J connectivity index is 2.07. The summed E-state index contributed by atoms with van der Waals surface area (Å²) in [6.45, 7) is 0. The molecule has 0 amide bonds. The zero-order chi connectivity index (χ0) is 12.5. The average Bonchev–Trinajstić information content (AvgIpc) is 2.65. The Bertz CT molecular complexity index is 485. The van der Waals surface area contributed by atoms with Crippen LogP contribution in [0.25, 0.3) is 0 Å².